The molecule has 0 N–H and O–H groups in total. The minimum Gasteiger partial charge on any atom is -0.208 e. The molecular formula is C21H32N2+2. The summed E-state index contributed by atoms with van der Waals surface area (Å²) in [5, 5.41) is 0. The van der Waals surface area contributed by atoms with Gasteiger partial charge in [-0.05, 0) is 17.5 Å². The van der Waals surface area contributed by atoms with Gasteiger partial charge in [0.2, 0.25) is 0 Å². The Morgan fingerprint density at radius 2 is 1.13 bits per heavy atom. The molecule has 0 amide bonds. The topological polar surface area (TPSA) is 7.76 Å². The van der Waals surface area contributed by atoms with Gasteiger partial charge in [-0.3, -0.25) is 0 Å². The average molecular weight is 313 g/mol. The smallest absolute Gasteiger partial charge is 0.169 e. The lowest BCUT2D eigenvalue weighted by Gasteiger charge is -2.02. The van der Waals surface area contributed by atoms with E-state index in [1.165, 1.54) is 62.5 Å². The van der Waals surface area contributed by atoms with Gasteiger partial charge >= 0.3 is 0 Å². The molecule has 2 heteroatoms. The molecular weight excluding hydrogens is 280 g/mol. The summed E-state index contributed by atoms with van der Waals surface area (Å²) in [7, 11) is 2.05. The van der Waals surface area contributed by atoms with Crippen LogP contribution in [0.4, 0.5) is 0 Å². The predicted octanol–water partition coefficient (Wildman–Crippen LogP) is 4.61. The molecule has 0 aromatic carbocycles. The highest BCUT2D eigenvalue weighted by atomic mass is 14.9. The van der Waals surface area contributed by atoms with Crippen LogP contribution in [0.3, 0.4) is 0 Å². The SMILES string of the molecule is CCCCCCCCCC[n+]1ccc(-c2cc[n+](C)cc2)cc1. The minimum absolute atomic E-state index is 1.14. The number of nitrogens with zero attached hydrogens (tertiary/aromatic N) is 2. The van der Waals surface area contributed by atoms with Crippen molar-refractivity contribution in [1.29, 1.82) is 0 Å². The minimum atomic E-state index is 1.14. The van der Waals surface area contributed by atoms with Gasteiger partial charge in [0.05, 0.1) is 0 Å². The molecule has 0 saturated carbocycles. The van der Waals surface area contributed by atoms with E-state index < -0.39 is 0 Å². The lowest BCUT2D eigenvalue weighted by atomic mass is 10.1. The van der Waals surface area contributed by atoms with Crippen molar-refractivity contribution in [3.8, 4) is 11.1 Å². The van der Waals surface area contributed by atoms with Crippen LogP contribution in [0.1, 0.15) is 58.3 Å². The molecule has 124 valence electrons. The van der Waals surface area contributed by atoms with Gasteiger partial charge in [0.15, 0.2) is 24.8 Å². The van der Waals surface area contributed by atoms with Crippen LogP contribution in [0.15, 0.2) is 49.1 Å². The summed E-state index contributed by atoms with van der Waals surface area (Å²) < 4.78 is 4.37. The van der Waals surface area contributed by atoms with E-state index in [0.29, 0.717) is 0 Å². The second-order valence-corrected chi connectivity index (χ2v) is 6.55. The number of unbranched alkanes of at least 4 members (excludes halogenated alkanes) is 7. The normalized spacial score (nSPS) is 10.9. The number of aromatic nitrogens is 2. The second-order valence-electron chi connectivity index (χ2n) is 6.55. The van der Waals surface area contributed by atoms with Crippen LogP contribution in [0.25, 0.3) is 11.1 Å². The van der Waals surface area contributed by atoms with E-state index in [1.54, 1.807) is 0 Å². The van der Waals surface area contributed by atoms with Gasteiger partial charge in [-0.1, -0.05) is 45.4 Å². The van der Waals surface area contributed by atoms with Crippen molar-refractivity contribution in [2.24, 2.45) is 7.05 Å². The largest absolute Gasteiger partial charge is 0.208 e. The van der Waals surface area contributed by atoms with Crippen molar-refractivity contribution in [3.63, 3.8) is 0 Å². The van der Waals surface area contributed by atoms with E-state index >= 15 is 0 Å². The number of hydrogen-bond donors (Lipinski definition) is 0. The zero-order chi connectivity index (χ0) is 16.3. The van der Waals surface area contributed by atoms with Crippen molar-refractivity contribution in [2.75, 3.05) is 0 Å². The Hall–Kier alpha value is -1.70. The third-order valence-corrected chi connectivity index (χ3v) is 4.47. The summed E-state index contributed by atoms with van der Waals surface area (Å²) in [6, 6.07) is 8.77. The fourth-order valence-corrected chi connectivity index (χ4v) is 2.92. The van der Waals surface area contributed by atoms with Crippen LogP contribution < -0.4 is 9.13 Å². The second kappa shape index (κ2) is 10.1. The summed E-state index contributed by atoms with van der Waals surface area (Å²) in [6.45, 7) is 3.42. The van der Waals surface area contributed by atoms with Gasteiger partial charge in [-0.25, -0.2) is 9.13 Å². The molecule has 2 heterocycles. The number of pyridine rings is 2. The molecule has 0 fully saturated rings. The number of rotatable bonds is 10. The highest BCUT2D eigenvalue weighted by Gasteiger charge is 2.04. The van der Waals surface area contributed by atoms with Crippen molar-refractivity contribution in [2.45, 2.75) is 64.8 Å². The van der Waals surface area contributed by atoms with E-state index in [-0.39, 0.29) is 0 Å². The van der Waals surface area contributed by atoms with Crippen LogP contribution in [0.2, 0.25) is 0 Å². The third kappa shape index (κ3) is 6.52. The summed E-state index contributed by atoms with van der Waals surface area (Å²) in [4.78, 5) is 0. The average Bonchev–Trinajstić information content (AvgIpc) is 2.59. The molecule has 2 aromatic rings. The zero-order valence-electron chi connectivity index (χ0n) is 14.9. The molecule has 23 heavy (non-hydrogen) atoms. The highest BCUT2D eigenvalue weighted by Crippen LogP contribution is 2.15. The summed E-state index contributed by atoms with van der Waals surface area (Å²) in [5.74, 6) is 0. The molecule has 0 radical (unpaired) electrons. The van der Waals surface area contributed by atoms with Gasteiger partial charge in [0.25, 0.3) is 0 Å². The van der Waals surface area contributed by atoms with E-state index in [0.717, 1.165) is 6.54 Å². The van der Waals surface area contributed by atoms with Crippen LogP contribution in [0.5, 0.6) is 0 Å². The summed E-state index contributed by atoms with van der Waals surface area (Å²) in [5.41, 5.74) is 2.57. The third-order valence-electron chi connectivity index (χ3n) is 4.47. The summed E-state index contributed by atoms with van der Waals surface area (Å²) in [6.07, 6.45) is 19.7. The van der Waals surface area contributed by atoms with Crippen molar-refractivity contribution in [1.82, 2.24) is 0 Å². The highest BCUT2D eigenvalue weighted by molar-refractivity contribution is 5.60. The monoisotopic (exact) mass is 312 g/mol. The van der Waals surface area contributed by atoms with E-state index in [4.69, 9.17) is 0 Å². The van der Waals surface area contributed by atoms with Gasteiger partial charge in [0.1, 0.15) is 13.6 Å². The Kier molecular flexibility index (Phi) is 7.79. The maximum absolute atomic E-state index is 2.31. The van der Waals surface area contributed by atoms with Crippen molar-refractivity contribution in [3.05, 3.63) is 49.1 Å². The van der Waals surface area contributed by atoms with E-state index in [9.17, 15) is 0 Å². The predicted molar refractivity (Wildman–Crippen MR) is 95.9 cm³/mol. The maximum Gasteiger partial charge on any atom is 0.169 e. The molecule has 0 bridgehead atoms. The van der Waals surface area contributed by atoms with Crippen molar-refractivity contribution < 1.29 is 9.13 Å². The van der Waals surface area contributed by atoms with Gasteiger partial charge in [-0.2, -0.15) is 0 Å². The zero-order valence-corrected chi connectivity index (χ0v) is 14.9. The van der Waals surface area contributed by atoms with Gasteiger partial charge < -0.3 is 0 Å². The molecule has 0 atom stereocenters. The molecule has 0 aliphatic carbocycles. The molecule has 0 spiro atoms. The maximum atomic E-state index is 2.31. The van der Waals surface area contributed by atoms with Gasteiger partial charge in [-0.15, -0.1) is 0 Å². The molecule has 2 aromatic heterocycles. The Bertz CT molecular complexity index is 543. The molecule has 0 saturated heterocycles. The fraction of sp³-hybridized carbons (Fsp3) is 0.524. The van der Waals surface area contributed by atoms with Crippen LogP contribution >= 0.6 is 0 Å². The van der Waals surface area contributed by atoms with E-state index in [1.807, 2.05) is 7.05 Å². The standard InChI is InChI=1S/C21H32N2/c1-3-4-5-6-7-8-9-10-15-23-18-13-21(14-19-23)20-11-16-22(2)17-12-20/h11-14,16-19H,3-10,15H2,1-2H3/q+2. The molecule has 0 unspecified atom stereocenters. The lowest BCUT2D eigenvalue weighted by molar-refractivity contribution is -0.697. The Morgan fingerprint density at radius 1 is 0.652 bits per heavy atom. The van der Waals surface area contributed by atoms with Crippen LogP contribution in [-0.2, 0) is 13.6 Å². The fourth-order valence-electron chi connectivity index (χ4n) is 2.92. The van der Waals surface area contributed by atoms with Gasteiger partial charge in [0, 0.05) is 30.7 Å². The molecule has 2 rings (SSSR count). The first-order chi connectivity index (χ1) is 11.3. The Balaban J connectivity index is 1.68. The first-order valence-electron chi connectivity index (χ1n) is 9.24. The first kappa shape index (κ1) is 17.7. The quantitative estimate of drug-likeness (QED) is 0.447. The number of hydrogen-bond acceptors (Lipinski definition) is 0. The molecule has 2 nitrogen and oxygen atoms in total. The van der Waals surface area contributed by atoms with Crippen molar-refractivity contribution >= 4 is 0 Å². The van der Waals surface area contributed by atoms with Crippen LogP contribution in [0, 0.1) is 0 Å². The Labute approximate surface area is 141 Å². The molecule has 0 aliphatic rings. The Morgan fingerprint density at radius 3 is 1.70 bits per heavy atom. The summed E-state index contributed by atoms with van der Waals surface area (Å²) >= 11 is 0. The number of aryl methyl sites for hydroxylation is 2. The lowest BCUT2D eigenvalue weighted by Crippen LogP contribution is -2.32. The first-order valence-corrected chi connectivity index (χ1v) is 9.24. The van der Waals surface area contributed by atoms with E-state index in [2.05, 4.69) is 65.1 Å². The van der Waals surface area contributed by atoms with Crippen LogP contribution in [-0.4, -0.2) is 0 Å². The molecule has 0 aliphatic heterocycles.